The molecule has 1 saturated heterocycles. The molecule has 3 rings (SSSR count). The molecule has 1 aliphatic heterocycles. The van der Waals surface area contributed by atoms with Crippen LogP contribution in [-0.2, 0) is 9.59 Å². The van der Waals surface area contributed by atoms with E-state index in [2.05, 4.69) is 0 Å². The molecule has 1 fully saturated rings. The van der Waals surface area contributed by atoms with Gasteiger partial charge in [0.15, 0.2) is 5.78 Å². The van der Waals surface area contributed by atoms with Crippen molar-refractivity contribution in [3.63, 3.8) is 0 Å². The molecule has 118 valence electrons. The quantitative estimate of drug-likeness (QED) is 0.877. The van der Waals surface area contributed by atoms with Gasteiger partial charge in [0.05, 0.1) is 18.6 Å². The maximum Gasteiger partial charge on any atom is 0.227 e. The normalized spacial score (nSPS) is 25.9. The second-order valence-electron chi connectivity index (χ2n) is 5.80. The molecule has 2 atom stereocenters. The number of ketones is 1. The standard InChI is InChI=1S/C16H19NO4S/c18-12-4-3-10(15-2-1-7-22-15)11(12)8-16(21)17-6-5-13(19)14(20)9-17/h1-2,7,13-14,19-20H,3-6,8-9H2/t13-,14-/m0/s1. The average Bonchev–Trinajstić information content (AvgIpc) is 3.13. The molecule has 1 amide bonds. The zero-order valence-electron chi connectivity index (χ0n) is 12.2. The van der Waals surface area contributed by atoms with Crippen LogP contribution in [0.4, 0.5) is 0 Å². The van der Waals surface area contributed by atoms with Crippen LogP contribution in [0.15, 0.2) is 23.1 Å². The molecule has 5 nitrogen and oxygen atoms in total. The van der Waals surface area contributed by atoms with Crippen molar-refractivity contribution >= 4 is 28.6 Å². The second kappa shape index (κ2) is 6.32. The number of hydrogen-bond acceptors (Lipinski definition) is 5. The van der Waals surface area contributed by atoms with Crippen LogP contribution in [0, 0.1) is 0 Å². The van der Waals surface area contributed by atoms with Gasteiger partial charge in [-0.2, -0.15) is 0 Å². The summed E-state index contributed by atoms with van der Waals surface area (Å²) in [4.78, 5) is 27.1. The van der Waals surface area contributed by atoms with Crippen LogP contribution in [-0.4, -0.2) is 52.1 Å². The minimum atomic E-state index is -0.900. The number of piperidine rings is 1. The molecule has 2 heterocycles. The predicted molar refractivity (Wildman–Crippen MR) is 83.3 cm³/mol. The van der Waals surface area contributed by atoms with E-state index in [4.69, 9.17) is 0 Å². The maximum atomic E-state index is 12.4. The lowest BCUT2D eigenvalue weighted by Gasteiger charge is -2.33. The molecule has 1 aromatic rings. The molecule has 0 aromatic carbocycles. The first-order valence-corrected chi connectivity index (χ1v) is 8.37. The summed E-state index contributed by atoms with van der Waals surface area (Å²) in [5.74, 6) is -0.0976. The molecule has 0 saturated carbocycles. The van der Waals surface area contributed by atoms with Gasteiger partial charge in [-0.15, -0.1) is 11.3 Å². The Kier molecular flexibility index (Phi) is 4.42. The van der Waals surface area contributed by atoms with E-state index in [1.165, 1.54) is 0 Å². The molecule has 22 heavy (non-hydrogen) atoms. The van der Waals surface area contributed by atoms with E-state index in [1.807, 2.05) is 17.5 Å². The van der Waals surface area contributed by atoms with Gasteiger partial charge < -0.3 is 15.1 Å². The number of hydrogen-bond donors (Lipinski definition) is 2. The largest absolute Gasteiger partial charge is 0.390 e. The van der Waals surface area contributed by atoms with Crippen molar-refractivity contribution < 1.29 is 19.8 Å². The van der Waals surface area contributed by atoms with Crippen molar-refractivity contribution in [3.8, 4) is 0 Å². The highest BCUT2D eigenvalue weighted by molar-refractivity contribution is 7.11. The summed E-state index contributed by atoms with van der Waals surface area (Å²) >= 11 is 1.58. The van der Waals surface area contributed by atoms with Gasteiger partial charge in [-0.1, -0.05) is 6.07 Å². The molecule has 1 aromatic heterocycles. The molecule has 2 aliphatic rings. The molecular formula is C16H19NO4S. The van der Waals surface area contributed by atoms with Crippen LogP contribution in [0.3, 0.4) is 0 Å². The van der Waals surface area contributed by atoms with E-state index in [0.29, 0.717) is 31.4 Å². The molecule has 0 bridgehead atoms. The lowest BCUT2D eigenvalue weighted by atomic mass is 10.0. The lowest BCUT2D eigenvalue weighted by Crippen LogP contribution is -2.49. The summed E-state index contributed by atoms with van der Waals surface area (Å²) < 4.78 is 0. The second-order valence-corrected chi connectivity index (χ2v) is 6.75. The number of aliphatic hydroxyl groups is 2. The fraction of sp³-hybridized carbons (Fsp3) is 0.500. The highest BCUT2D eigenvalue weighted by Crippen LogP contribution is 2.36. The fourth-order valence-electron chi connectivity index (χ4n) is 3.04. The van der Waals surface area contributed by atoms with Gasteiger partial charge in [0, 0.05) is 30.0 Å². The zero-order chi connectivity index (χ0) is 15.7. The molecule has 0 radical (unpaired) electrons. The van der Waals surface area contributed by atoms with E-state index < -0.39 is 12.2 Å². The third-order valence-electron chi connectivity index (χ3n) is 4.35. The monoisotopic (exact) mass is 321 g/mol. The van der Waals surface area contributed by atoms with E-state index in [0.717, 1.165) is 10.5 Å². The number of allylic oxidation sites excluding steroid dienone is 1. The van der Waals surface area contributed by atoms with Crippen molar-refractivity contribution in [2.24, 2.45) is 0 Å². The van der Waals surface area contributed by atoms with Crippen molar-refractivity contribution in [2.45, 2.75) is 37.9 Å². The fourth-order valence-corrected chi connectivity index (χ4v) is 3.87. The van der Waals surface area contributed by atoms with E-state index in [-0.39, 0.29) is 24.7 Å². The van der Waals surface area contributed by atoms with Gasteiger partial charge in [0.1, 0.15) is 0 Å². The van der Waals surface area contributed by atoms with Gasteiger partial charge in [-0.05, 0) is 29.9 Å². The maximum absolute atomic E-state index is 12.4. The number of carbonyl (C=O) groups is 2. The summed E-state index contributed by atoms with van der Waals surface area (Å²) in [6.45, 7) is 0.558. The number of amides is 1. The molecular weight excluding hydrogens is 302 g/mol. The van der Waals surface area contributed by atoms with Crippen LogP contribution < -0.4 is 0 Å². The zero-order valence-corrected chi connectivity index (χ0v) is 13.0. The number of likely N-dealkylation sites (tertiary alicyclic amines) is 1. The van der Waals surface area contributed by atoms with Gasteiger partial charge >= 0.3 is 0 Å². The van der Waals surface area contributed by atoms with E-state index >= 15 is 0 Å². The lowest BCUT2D eigenvalue weighted by molar-refractivity contribution is -0.137. The SMILES string of the molecule is O=C1CCC(c2cccs2)=C1CC(=O)N1CC[C@H](O)[C@@H](O)C1. The molecule has 0 spiro atoms. The summed E-state index contributed by atoms with van der Waals surface area (Å²) in [7, 11) is 0. The highest BCUT2D eigenvalue weighted by Gasteiger charge is 2.32. The minimum Gasteiger partial charge on any atom is -0.390 e. The minimum absolute atomic E-state index is 0.0503. The smallest absolute Gasteiger partial charge is 0.227 e. The number of thiophene rings is 1. The van der Waals surface area contributed by atoms with Crippen LogP contribution in [0.25, 0.3) is 5.57 Å². The van der Waals surface area contributed by atoms with E-state index in [1.54, 1.807) is 16.2 Å². The third-order valence-corrected chi connectivity index (χ3v) is 5.28. The topological polar surface area (TPSA) is 77.8 Å². The van der Waals surface area contributed by atoms with Gasteiger partial charge in [-0.3, -0.25) is 9.59 Å². The van der Waals surface area contributed by atoms with Crippen molar-refractivity contribution in [3.05, 3.63) is 28.0 Å². The van der Waals surface area contributed by atoms with E-state index in [9.17, 15) is 19.8 Å². The van der Waals surface area contributed by atoms with Crippen molar-refractivity contribution in [1.82, 2.24) is 4.90 Å². The number of rotatable bonds is 3. The summed E-state index contributed by atoms with van der Waals surface area (Å²) in [6.07, 6.45) is -0.0339. The third kappa shape index (κ3) is 2.99. The Hall–Kier alpha value is -1.50. The summed E-state index contributed by atoms with van der Waals surface area (Å²) in [5.41, 5.74) is 1.61. The van der Waals surface area contributed by atoms with Crippen molar-refractivity contribution in [1.29, 1.82) is 0 Å². The number of nitrogens with zero attached hydrogens (tertiary/aromatic N) is 1. The van der Waals surface area contributed by atoms with Crippen LogP contribution >= 0.6 is 11.3 Å². The average molecular weight is 321 g/mol. The molecule has 0 unspecified atom stereocenters. The number of Topliss-reactive ketones (excluding diaryl/α,β-unsaturated/α-hetero) is 1. The Morgan fingerprint density at radius 3 is 2.82 bits per heavy atom. The Morgan fingerprint density at radius 1 is 1.32 bits per heavy atom. The van der Waals surface area contributed by atoms with Crippen molar-refractivity contribution in [2.75, 3.05) is 13.1 Å². The Morgan fingerprint density at radius 2 is 2.14 bits per heavy atom. The van der Waals surface area contributed by atoms with Crippen LogP contribution in [0.5, 0.6) is 0 Å². The van der Waals surface area contributed by atoms with Gasteiger partial charge in [-0.25, -0.2) is 0 Å². The first kappa shape index (κ1) is 15.4. The Balaban J connectivity index is 1.75. The summed E-state index contributed by atoms with van der Waals surface area (Å²) in [5, 5.41) is 21.2. The van der Waals surface area contributed by atoms with Gasteiger partial charge in [0.2, 0.25) is 5.91 Å². The first-order chi connectivity index (χ1) is 10.6. The van der Waals surface area contributed by atoms with Crippen LogP contribution in [0.1, 0.15) is 30.6 Å². The summed E-state index contributed by atoms with van der Waals surface area (Å²) in [6, 6.07) is 3.92. The van der Waals surface area contributed by atoms with Gasteiger partial charge in [0.25, 0.3) is 0 Å². The Bertz CT molecular complexity index is 608. The molecule has 2 N–H and O–H groups in total. The number of β-amino-alcohol motifs (C(OH)–C–C–N with tert-alkyl or cyclic N) is 1. The first-order valence-electron chi connectivity index (χ1n) is 7.49. The predicted octanol–water partition coefficient (Wildman–Crippen LogP) is 1.21. The highest BCUT2D eigenvalue weighted by atomic mass is 32.1. The Labute approximate surface area is 132 Å². The number of carbonyl (C=O) groups excluding carboxylic acids is 2. The molecule has 6 heteroatoms. The van der Waals surface area contributed by atoms with Crippen LogP contribution in [0.2, 0.25) is 0 Å². The number of aliphatic hydroxyl groups excluding tert-OH is 2. The molecule has 1 aliphatic carbocycles.